The summed E-state index contributed by atoms with van der Waals surface area (Å²) in [6.07, 6.45) is 2.93. The Hall–Kier alpha value is -1.10. The van der Waals surface area contributed by atoms with E-state index < -0.39 is 0 Å². The maximum absolute atomic E-state index is 12.2. The average Bonchev–Trinajstić information content (AvgIpc) is 2.82. The summed E-state index contributed by atoms with van der Waals surface area (Å²) in [5, 5.41) is 6.87. The molecule has 0 aliphatic carbocycles. The molecule has 108 valence electrons. The van der Waals surface area contributed by atoms with Crippen LogP contribution in [0.5, 0.6) is 0 Å². The zero-order valence-corrected chi connectivity index (χ0v) is 12.1. The van der Waals surface area contributed by atoms with E-state index in [0.717, 1.165) is 32.4 Å². The van der Waals surface area contributed by atoms with Crippen LogP contribution in [0.1, 0.15) is 29.6 Å². The van der Waals surface area contributed by atoms with Crippen LogP contribution in [0.3, 0.4) is 0 Å². The number of benzene rings is 1. The van der Waals surface area contributed by atoms with Gasteiger partial charge in [0.15, 0.2) is 0 Å². The summed E-state index contributed by atoms with van der Waals surface area (Å²) in [5.41, 5.74) is 0.490. The Morgan fingerprint density at radius 2 is 2.10 bits per heavy atom. The fraction of sp³-hybridized carbons (Fsp3) is 0.533. The van der Waals surface area contributed by atoms with E-state index in [4.69, 9.17) is 16.3 Å². The van der Waals surface area contributed by atoms with Crippen molar-refractivity contribution in [3.63, 3.8) is 0 Å². The van der Waals surface area contributed by atoms with E-state index in [-0.39, 0.29) is 17.6 Å². The Morgan fingerprint density at radius 1 is 1.35 bits per heavy atom. The van der Waals surface area contributed by atoms with E-state index in [1.165, 1.54) is 0 Å². The summed E-state index contributed by atoms with van der Waals surface area (Å²) < 4.78 is 5.97. The number of halogens is 1. The quantitative estimate of drug-likeness (QED) is 0.877. The second kappa shape index (κ2) is 5.72. The van der Waals surface area contributed by atoms with Crippen molar-refractivity contribution in [1.82, 2.24) is 10.6 Å². The van der Waals surface area contributed by atoms with Gasteiger partial charge < -0.3 is 15.4 Å². The first kappa shape index (κ1) is 13.9. The van der Waals surface area contributed by atoms with Crippen molar-refractivity contribution in [2.75, 3.05) is 19.7 Å². The lowest BCUT2D eigenvalue weighted by Crippen LogP contribution is -2.43. The number of carbonyl (C=O) groups excluding carboxylic acids is 1. The van der Waals surface area contributed by atoms with Crippen molar-refractivity contribution in [3.05, 3.63) is 34.9 Å². The van der Waals surface area contributed by atoms with Crippen LogP contribution in [-0.4, -0.2) is 37.2 Å². The van der Waals surface area contributed by atoms with Crippen molar-refractivity contribution >= 4 is 17.5 Å². The van der Waals surface area contributed by atoms with Gasteiger partial charge in [-0.3, -0.25) is 4.79 Å². The number of nitrogens with one attached hydrogen (secondary N) is 2. The van der Waals surface area contributed by atoms with E-state index in [0.29, 0.717) is 17.2 Å². The zero-order valence-electron chi connectivity index (χ0n) is 11.3. The Kier molecular flexibility index (Phi) is 3.96. The summed E-state index contributed by atoms with van der Waals surface area (Å²) in [6.45, 7) is 2.58. The van der Waals surface area contributed by atoms with Crippen LogP contribution < -0.4 is 10.6 Å². The van der Waals surface area contributed by atoms with Gasteiger partial charge in [0.1, 0.15) is 0 Å². The summed E-state index contributed by atoms with van der Waals surface area (Å²) >= 11 is 6.05. The molecule has 2 heterocycles. The molecule has 2 fully saturated rings. The Labute approximate surface area is 123 Å². The van der Waals surface area contributed by atoms with Gasteiger partial charge in [0.2, 0.25) is 0 Å². The molecule has 1 spiro atoms. The van der Waals surface area contributed by atoms with Crippen molar-refractivity contribution in [2.45, 2.75) is 30.9 Å². The standard InChI is InChI=1S/C15H19ClN2O2/c16-13-4-2-1-3-12(13)14(19)18-11-9-15(20-10-11)5-7-17-8-6-15/h1-4,11,17H,5-10H2,(H,18,19). The van der Waals surface area contributed by atoms with Gasteiger partial charge in [0.25, 0.3) is 5.91 Å². The van der Waals surface area contributed by atoms with E-state index >= 15 is 0 Å². The van der Waals surface area contributed by atoms with Crippen LogP contribution in [0.15, 0.2) is 24.3 Å². The normalized spacial score (nSPS) is 24.8. The molecule has 1 amide bonds. The highest BCUT2D eigenvalue weighted by Crippen LogP contribution is 2.34. The molecular formula is C15H19ClN2O2. The molecule has 2 N–H and O–H groups in total. The third kappa shape index (κ3) is 2.82. The third-order valence-corrected chi connectivity index (χ3v) is 4.51. The van der Waals surface area contributed by atoms with E-state index in [1.807, 2.05) is 12.1 Å². The molecule has 0 bridgehead atoms. The molecular weight excluding hydrogens is 276 g/mol. The number of hydrogen-bond acceptors (Lipinski definition) is 3. The third-order valence-electron chi connectivity index (χ3n) is 4.18. The lowest BCUT2D eigenvalue weighted by Gasteiger charge is -2.32. The molecule has 1 aromatic rings. The predicted octanol–water partition coefficient (Wildman–Crippen LogP) is 1.98. The fourth-order valence-corrected chi connectivity index (χ4v) is 3.30. The Balaban J connectivity index is 1.62. The fourth-order valence-electron chi connectivity index (χ4n) is 3.08. The van der Waals surface area contributed by atoms with Crippen molar-refractivity contribution in [3.8, 4) is 0 Å². The van der Waals surface area contributed by atoms with Gasteiger partial charge in [-0.2, -0.15) is 0 Å². The van der Waals surface area contributed by atoms with Crippen LogP contribution >= 0.6 is 11.6 Å². The van der Waals surface area contributed by atoms with Gasteiger partial charge in [-0.05, 0) is 44.5 Å². The first-order valence-corrected chi connectivity index (χ1v) is 7.46. The average molecular weight is 295 g/mol. The molecule has 1 atom stereocenters. The van der Waals surface area contributed by atoms with Gasteiger partial charge >= 0.3 is 0 Å². The van der Waals surface area contributed by atoms with Crippen LogP contribution in [0, 0.1) is 0 Å². The molecule has 1 aromatic carbocycles. The molecule has 20 heavy (non-hydrogen) atoms. The van der Waals surface area contributed by atoms with Gasteiger partial charge in [0, 0.05) is 0 Å². The molecule has 0 radical (unpaired) electrons. The highest BCUT2D eigenvalue weighted by molar-refractivity contribution is 6.33. The van der Waals surface area contributed by atoms with Crippen LogP contribution in [0.25, 0.3) is 0 Å². The monoisotopic (exact) mass is 294 g/mol. The van der Waals surface area contributed by atoms with Crippen molar-refractivity contribution in [1.29, 1.82) is 0 Å². The maximum Gasteiger partial charge on any atom is 0.253 e. The number of carbonyl (C=O) groups is 1. The largest absolute Gasteiger partial charge is 0.373 e. The summed E-state index contributed by atoms with van der Waals surface area (Å²) in [5.74, 6) is -0.116. The number of piperidine rings is 1. The van der Waals surface area contributed by atoms with Crippen LogP contribution in [0.2, 0.25) is 5.02 Å². The number of amides is 1. The highest BCUT2D eigenvalue weighted by atomic mass is 35.5. The number of ether oxygens (including phenoxy) is 1. The molecule has 3 rings (SSSR count). The summed E-state index contributed by atoms with van der Waals surface area (Å²) in [6, 6.07) is 7.20. The second-order valence-electron chi connectivity index (χ2n) is 5.60. The van der Waals surface area contributed by atoms with E-state index in [2.05, 4.69) is 10.6 Å². The minimum Gasteiger partial charge on any atom is -0.373 e. The molecule has 0 aromatic heterocycles. The van der Waals surface area contributed by atoms with Crippen LogP contribution in [0.4, 0.5) is 0 Å². The minimum absolute atomic E-state index is 0.0380. The highest BCUT2D eigenvalue weighted by Gasteiger charge is 2.41. The summed E-state index contributed by atoms with van der Waals surface area (Å²) in [4.78, 5) is 12.2. The van der Waals surface area contributed by atoms with Gasteiger partial charge in [0.05, 0.1) is 28.8 Å². The number of rotatable bonds is 2. The van der Waals surface area contributed by atoms with Gasteiger partial charge in [-0.15, -0.1) is 0 Å². The van der Waals surface area contributed by atoms with Crippen LogP contribution in [-0.2, 0) is 4.74 Å². The zero-order chi connectivity index (χ0) is 14.0. The summed E-state index contributed by atoms with van der Waals surface area (Å²) in [7, 11) is 0. The first-order valence-electron chi connectivity index (χ1n) is 7.09. The lowest BCUT2D eigenvalue weighted by atomic mass is 9.88. The second-order valence-corrected chi connectivity index (χ2v) is 6.01. The molecule has 2 aliphatic heterocycles. The number of hydrogen-bond donors (Lipinski definition) is 2. The molecule has 0 saturated carbocycles. The predicted molar refractivity (Wildman–Crippen MR) is 78.1 cm³/mol. The molecule has 2 aliphatic rings. The van der Waals surface area contributed by atoms with E-state index in [9.17, 15) is 4.79 Å². The topological polar surface area (TPSA) is 50.4 Å². The SMILES string of the molecule is O=C(NC1COC2(CCNCC2)C1)c1ccccc1Cl. The van der Waals surface area contributed by atoms with E-state index in [1.54, 1.807) is 12.1 Å². The van der Waals surface area contributed by atoms with Gasteiger partial charge in [-0.25, -0.2) is 0 Å². The Bertz CT molecular complexity index is 500. The minimum atomic E-state index is -0.116. The molecule has 2 saturated heterocycles. The Morgan fingerprint density at radius 3 is 2.85 bits per heavy atom. The smallest absolute Gasteiger partial charge is 0.253 e. The molecule has 4 nitrogen and oxygen atoms in total. The molecule has 1 unspecified atom stereocenters. The maximum atomic E-state index is 12.2. The van der Waals surface area contributed by atoms with Crippen molar-refractivity contribution in [2.24, 2.45) is 0 Å². The van der Waals surface area contributed by atoms with Gasteiger partial charge in [-0.1, -0.05) is 23.7 Å². The lowest BCUT2D eigenvalue weighted by molar-refractivity contribution is -0.0194. The first-order chi connectivity index (χ1) is 9.69. The van der Waals surface area contributed by atoms with Crippen molar-refractivity contribution < 1.29 is 9.53 Å². The molecule has 5 heteroatoms.